The number of hydrogen-bond donors (Lipinski definition) is 4. The normalized spacial score (nSPS) is 19.3. The summed E-state index contributed by atoms with van der Waals surface area (Å²) < 4.78 is 20.5. The highest BCUT2D eigenvalue weighted by atomic mass is 19.1. The number of aromatic nitrogens is 8. The minimum atomic E-state index is -1.02. The van der Waals surface area contributed by atoms with Gasteiger partial charge in [-0.15, -0.1) is 0 Å². The first-order chi connectivity index (χ1) is 20.7. The summed E-state index contributed by atoms with van der Waals surface area (Å²) in [6.45, 7) is 3.77. The summed E-state index contributed by atoms with van der Waals surface area (Å²) in [5.74, 6) is 0.832. The fraction of sp³-hybridized carbons (Fsp3) is 0.345. The van der Waals surface area contributed by atoms with Crippen molar-refractivity contribution in [3.05, 3.63) is 82.3 Å². The van der Waals surface area contributed by atoms with Crippen molar-refractivity contribution in [3.63, 3.8) is 0 Å². The van der Waals surface area contributed by atoms with Gasteiger partial charge in [0.25, 0.3) is 11.5 Å². The number of fused-ring (bicyclic) bond motifs is 1. The molecular formula is C29H31FN10O3. The van der Waals surface area contributed by atoms with Crippen molar-refractivity contribution in [2.75, 3.05) is 12.4 Å². The molecule has 0 saturated heterocycles. The van der Waals surface area contributed by atoms with E-state index in [9.17, 15) is 14.0 Å². The summed E-state index contributed by atoms with van der Waals surface area (Å²) in [6.07, 6.45) is 7.49. The van der Waals surface area contributed by atoms with Crippen LogP contribution in [0.1, 0.15) is 61.5 Å². The molecule has 1 atom stereocenters. The quantitative estimate of drug-likeness (QED) is 0.212. The van der Waals surface area contributed by atoms with Gasteiger partial charge in [-0.1, -0.05) is 6.07 Å². The predicted octanol–water partition coefficient (Wildman–Crippen LogP) is 3.73. The van der Waals surface area contributed by atoms with E-state index in [2.05, 4.69) is 40.9 Å². The standard InChI is InChI=1S/C29H31FN10O3/c1-16-10-23(39-38-16)36-22-11-21-26(32-15-33-27(21)41)25(37-22)18-6-8-29(43-3,9-7-18)28(42)35-17(2)19-4-5-24(31-12-19)40-14-20(30)13-34-40/h4-5,10-15,17-18H,6-9H2,1-3H3,(H,35,42)(H,32,33,41)(H2,36,37,38,39)/t17-,18-,29-/m0/s1. The number of ether oxygens (including phenoxy) is 1. The molecule has 1 fully saturated rings. The molecule has 1 saturated carbocycles. The second-order valence-electron chi connectivity index (χ2n) is 10.8. The minimum absolute atomic E-state index is 0.0446. The van der Waals surface area contributed by atoms with Crippen LogP contribution in [0.3, 0.4) is 0 Å². The molecule has 43 heavy (non-hydrogen) atoms. The van der Waals surface area contributed by atoms with Crippen molar-refractivity contribution < 1.29 is 13.9 Å². The van der Waals surface area contributed by atoms with Crippen molar-refractivity contribution >= 4 is 28.4 Å². The second-order valence-corrected chi connectivity index (χ2v) is 10.8. The Morgan fingerprint density at radius 1 is 1.19 bits per heavy atom. The molecule has 4 N–H and O–H groups in total. The molecule has 0 radical (unpaired) electrons. The van der Waals surface area contributed by atoms with Gasteiger partial charge in [0.2, 0.25) is 0 Å². The maximum absolute atomic E-state index is 13.6. The van der Waals surface area contributed by atoms with E-state index >= 15 is 0 Å². The van der Waals surface area contributed by atoms with Gasteiger partial charge in [0.15, 0.2) is 17.5 Å². The van der Waals surface area contributed by atoms with Crippen LogP contribution in [-0.4, -0.2) is 58.5 Å². The molecule has 0 aliphatic heterocycles. The van der Waals surface area contributed by atoms with Gasteiger partial charge in [0.05, 0.1) is 41.4 Å². The summed E-state index contributed by atoms with van der Waals surface area (Å²) in [5, 5.41) is 17.7. The van der Waals surface area contributed by atoms with E-state index in [0.717, 1.165) is 17.5 Å². The molecule has 1 aliphatic carbocycles. The number of aryl methyl sites for hydroxylation is 1. The predicted molar refractivity (Wildman–Crippen MR) is 156 cm³/mol. The number of nitrogens with zero attached hydrogens (tertiary/aromatic N) is 6. The zero-order valence-corrected chi connectivity index (χ0v) is 23.9. The lowest BCUT2D eigenvalue weighted by Crippen LogP contribution is -2.50. The van der Waals surface area contributed by atoms with Crippen LogP contribution in [0.25, 0.3) is 16.7 Å². The molecule has 1 aliphatic rings. The van der Waals surface area contributed by atoms with Crippen molar-refractivity contribution in [1.29, 1.82) is 0 Å². The molecule has 5 aromatic rings. The topological polar surface area (TPSA) is 168 Å². The Bertz CT molecular complexity index is 1820. The van der Waals surface area contributed by atoms with Crippen LogP contribution in [0, 0.1) is 12.7 Å². The Hall–Kier alpha value is -4.98. The number of H-pyrrole nitrogens is 2. The number of carbonyl (C=O) groups is 1. The van der Waals surface area contributed by atoms with Crippen LogP contribution in [-0.2, 0) is 9.53 Å². The van der Waals surface area contributed by atoms with E-state index in [1.165, 1.54) is 17.2 Å². The van der Waals surface area contributed by atoms with E-state index in [1.54, 1.807) is 25.4 Å². The number of halogens is 1. The summed E-state index contributed by atoms with van der Waals surface area (Å²) in [5.41, 5.74) is 1.62. The van der Waals surface area contributed by atoms with E-state index in [1.807, 2.05) is 26.0 Å². The largest absolute Gasteiger partial charge is 0.368 e. The molecule has 0 unspecified atom stereocenters. The van der Waals surface area contributed by atoms with Gasteiger partial charge < -0.3 is 20.4 Å². The molecule has 13 nitrogen and oxygen atoms in total. The van der Waals surface area contributed by atoms with Crippen LogP contribution in [0.5, 0.6) is 0 Å². The smallest absolute Gasteiger partial charge is 0.258 e. The first-order valence-electron chi connectivity index (χ1n) is 13.9. The Labute approximate surface area is 245 Å². The average molecular weight is 587 g/mol. The maximum atomic E-state index is 13.6. The van der Waals surface area contributed by atoms with Crippen molar-refractivity contribution in [1.82, 2.24) is 45.2 Å². The number of anilines is 2. The van der Waals surface area contributed by atoms with E-state index in [-0.39, 0.29) is 23.4 Å². The summed E-state index contributed by atoms with van der Waals surface area (Å²) in [4.78, 5) is 42.6. The number of hydrogen-bond acceptors (Lipinski definition) is 9. The monoisotopic (exact) mass is 586 g/mol. The highest BCUT2D eigenvalue weighted by molar-refractivity contribution is 5.86. The maximum Gasteiger partial charge on any atom is 0.258 e. The Balaban J connectivity index is 1.18. The van der Waals surface area contributed by atoms with Crippen molar-refractivity contribution in [3.8, 4) is 5.82 Å². The minimum Gasteiger partial charge on any atom is -0.368 e. The van der Waals surface area contributed by atoms with E-state index < -0.39 is 11.4 Å². The van der Waals surface area contributed by atoms with Gasteiger partial charge in [0.1, 0.15) is 11.4 Å². The fourth-order valence-electron chi connectivity index (χ4n) is 5.57. The summed E-state index contributed by atoms with van der Waals surface area (Å²) >= 11 is 0. The van der Waals surface area contributed by atoms with Gasteiger partial charge >= 0.3 is 0 Å². The molecule has 5 aromatic heterocycles. The van der Waals surface area contributed by atoms with Crippen LogP contribution in [0.15, 0.2) is 54.0 Å². The third kappa shape index (κ3) is 5.60. The van der Waals surface area contributed by atoms with Crippen LogP contribution in [0.2, 0.25) is 0 Å². The first kappa shape index (κ1) is 28.2. The van der Waals surface area contributed by atoms with Crippen molar-refractivity contribution in [2.45, 2.75) is 57.1 Å². The fourth-order valence-corrected chi connectivity index (χ4v) is 5.57. The SMILES string of the molecule is CO[C@]1(C(=O)N[C@@H](C)c2ccc(-n3cc(F)cn3)nc2)CC[C@@H](c2nc(Nc3cc(C)[nH]n3)cc3c(=O)[nH]cnc32)CC1. The van der Waals surface area contributed by atoms with Gasteiger partial charge in [-0.05, 0) is 57.2 Å². The lowest BCUT2D eigenvalue weighted by molar-refractivity contribution is -0.148. The lowest BCUT2D eigenvalue weighted by Gasteiger charge is -2.38. The molecule has 6 rings (SSSR count). The van der Waals surface area contributed by atoms with Gasteiger partial charge in [-0.2, -0.15) is 10.2 Å². The van der Waals surface area contributed by atoms with E-state index in [4.69, 9.17) is 9.72 Å². The third-order valence-corrected chi connectivity index (χ3v) is 8.00. The zero-order chi connectivity index (χ0) is 30.1. The van der Waals surface area contributed by atoms with Crippen molar-refractivity contribution in [2.24, 2.45) is 0 Å². The number of aromatic amines is 2. The number of carbonyl (C=O) groups excluding carboxylic acids is 1. The Kier molecular flexibility index (Phi) is 7.44. The van der Waals surface area contributed by atoms with Gasteiger partial charge in [-0.3, -0.25) is 14.7 Å². The Morgan fingerprint density at radius 3 is 2.65 bits per heavy atom. The summed E-state index contributed by atoms with van der Waals surface area (Å²) in [7, 11) is 1.55. The average Bonchev–Trinajstić information content (AvgIpc) is 3.64. The molecule has 14 heteroatoms. The number of rotatable bonds is 8. The number of methoxy groups -OCH3 is 1. The molecule has 5 heterocycles. The molecular weight excluding hydrogens is 555 g/mol. The number of pyridine rings is 2. The van der Waals surface area contributed by atoms with E-state index in [0.29, 0.717) is 59.7 Å². The highest BCUT2D eigenvalue weighted by Crippen LogP contribution is 2.41. The van der Waals surface area contributed by atoms with Gasteiger partial charge in [-0.25, -0.2) is 24.0 Å². The highest BCUT2D eigenvalue weighted by Gasteiger charge is 2.43. The molecule has 0 aromatic carbocycles. The summed E-state index contributed by atoms with van der Waals surface area (Å²) in [6, 6.07) is 6.70. The third-order valence-electron chi connectivity index (χ3n) is 8.00. The molecule has 0 bridgehead atoms. The number of nitrogens with one attached hydrogen (secondary N) is 4. The van der Waals surface area contributed by atoms with Crippen LogP contribution < -0.4 is 16.2 Å². The first-order valence-corrected chi connectivity index (χ1v) is 13.9. The molecule has 1 amide bonds. The lowest BCUT2D eigenvalue weighted by atomic mass is 9.76. The number of amides is 1. The zero-order valence-electron chi connectivity index (χ0n) is 23.9. The van der Waals surface area contributed by atoms with Gasteiger partial charge in [0, 0.05) is 31.0 Å². The Morgan fingerprint density at radius 2 is 2.00 bits per heavy atom. The molecule has 222 valence electrons. The van der Waals surface area contributed by atoms with Crippen LogP contribution >= 0.6 is 0 Å². The van der Waals surface area contributed by atoms with Crippen LogP contribution in [0.4, 0.5) is 16.0 Å². The molecule has 0 spiro atoms. The second kappa shape index (κ2) is 11.4.